The number of nitrogens with one attached hydrogen (secondary N) is 1. The van der Waals surface area contributed by atoms with E-state index in [1.807, 2.05) is 20.8 Å². The van der Waals surface area contributed by atoms with Crippen LogP contribution >= 0.6 is 0 Å². The molecule has 2 fully saturated rings. The number of hydrogen-bond acceptors (Lipinski definition) is 4. The Balaban J connectivity index is 1.82. The van der Waals surface area contributed by atoms with E-state index in [4.69, 9.17) is 9.47 Å². The first kappa shape index (κ1) is 15.6. The largest absolute Gasteiger partial charge is 0.444 e. The summed E-state index contributed by atoms with van der Waals surface area (Å²) in [6.45, 7) is 11.1. The highest BCUT2D eigenvalue weighted by Gasteiger charge is 2.43. The number of amides is 1. The van der Waals surface area contributed by atoms with Crippen LogP contribution in [0.15, 0.2) is 0 Å². The van der Waals surface area contributed by atoms with Gasteiger partial charge in [0.1, 0.15) is 5.60 Å². The summed E-state index contributed by atoms with van der Waals surface area (Å²) in [5, 5.41) is 3.45. The number of hydrogen-bond donors (Lipinski definition) is 1. The molecular weight excluding hydrogens is 256 g/mol. The zero-order valence-electron chi connectivity index (χ0n) is 13.2. The van der Waals surface area contributed by atoms with Gasteiger partial charge in [0.15, 0.2) is 0 Å². The van der Waals surface area contributed by atoms with Gasteiger partial charge in [-0.05, 0) is 46.6 Å². The summed E-state index contributed by atoms with van der Waals surface area (Å²) in [5.74, 6) is 0. The van der Waals surface area contributed by atoms with Crippen LogP contribution in [0, 0.1) is 0 Å². The van der Waals surface area contributed by atoms with E-state index >= 15 is 0 Å². The Morgan fingerprint density at radius 3 is 2.60 bits per heavy atom. The molecule has 2 rings (SSSR count). The SMILES string of the molecule is CCNC1COC2(CCN(C(=O)OC(C)(C)C)CC2)C1. The molecule has 116 valence electrons. The van der Waals surface area contributed by atoms with E-state index in [1.54, 1.807) is 4.90 Å². The lowest BCUT2D eigenvalue weighted by Crippen LogP contribution is -2.48. The molecule has 5 heteroatoms. The Labute approximate surface area is 122 Å². The first-order valence-electron chi connectivity index (χ1n) is 7.69. The summed E-state index contributed by atoms with van der Waals surface area (Å²) in [4.78, 5) is 13.8. The van der Waals surface area contributed by atoms with E-state index in [1.165, 1.54) is 0 Å². The Hall–Kier alpha value is -0.810. The van der Waals surface area contributed by atoms with Crippen LogP contribution in [0.4, 0.5) is 4.79 Å². The number of ether oxygens (including phenoxy) is 2. The zero-order chi connectivity index (χ0) is 14.8. The Morgan fingerprint density at radius 1 is 1.40 bits per heavy atom. The average molecular weight is 284 g/mol. The lowest BCUT2D eigenvalue weighted by Gasteiger charge is -2.39. The maximum absolute atomic E-state index is 12.0. The summed E-state index contributed by atoms with van der Waals surface area (Å²) in [5.41, 5.74) is -0.447. The Kier molecular flexibility index (Phi) is 4.59. The quantitative estimate of drug-likeness (QED) is 0.844. The predicted molar refractivity (Wildman–Crippen MR) is 77.8 cm³/mol. The molecule has 1 spiro atoms. The van der Waals surface area contributed by atoms with Crippen LogP contribution < -0.4 is 5.32 Å². The van der Waals surface area contributed by atoms with Gasteiger partial charge in [-0.25, -0.2) is 4.79 Å². The van der Waals surface area contributed by atoms with E-state index in [2.05, 4.69) is 12.2 Å². The van der Waals surface area contributed by atoms with Crippen molar-refractivity contribution in [1.29, 1.82) is 0 Å². The molecule has 2 heterocycles. The molecular formula is C15H28N2O3. The molecule has 0 radical (unpaired) electrons. The first-order valence-corrected chi connectivity index (χ1v) is 7.69. The lowest BCUT2D eigenvalue weighted by molar-refractivity contribution is -0.0485. The summed E-state index contributed by atoms with van der Waals surface area (Å²) in [6, 6.07) is 0.466. The van der Waals surface area contributed by atoms with E-state index in [0.717, 1.165) is 45.5 Å². The van der Waals surface area contributed by atoms with Gasteiger partial charge in [0, 0.05) is 19.1 Å². The summed E-state index contributed by atoms with van der Waals surface area (Å²) < 4.78 is 11.5. The highest BCUT2D eigenvalue weighted by molar-refractivity contribution is 5.68. The number of rotatable bonds is 2. The van der Waals surface area contributed by atoms with Crippen molar-refractivity contribution >= 4 is 6.09 Å². The number of nitrogens with zero attached hydrogens (tertiary/aromatic N) is 1. The fraction of sp³-hybridized carbons (Fsp3) is 0.933. The van der Waals surface area contributed by atoms with Gasteiger partial charge < -0.3 is 19.7 Å². The van der Waals surface area contributed by atoms with E-state index in [-0.39, 0.29) is 11.7 Å². The highest BCUT2D eigenvalue weighted by Crippen LogP contribution is 2.36. The van der Waals surface area contributed by atoms with Gasteiger partial charge in [-0.1, -0.05) is 6.92 Å². The standard InChI is InChI=1S/C15H28N2O3/c1-5-16-12-10-15(19-11-12)6-8-17(9-7-15)13(18)20-14(2,3)4/h12,16H,5-11H2,1-4H3. The fourth-order valence-corrected chi connectivity index (χ4v) is 3.04. The third-order valence-corrected chi connectivity index (χ3v) is 4.03. The van der Waals surface area contributed by atoms with E-state index in [0.29, 0.717) is 6.04 Å². The second-order valence-electron chi connectivity index (χ2n) is 6.92. The third kappa shape index (κ3) is 3.85. The van der Waals surface area contributed by atoms with Crippen molar-refractivity contribution in [3.8, 4) is 0 Å². The van der Waals surface area contributed by atoms with Gasteiger partial charge in [-0.2, -0.15) is 0 Å². The molecule has 1 atom stereocenters. The third-order valence-electron chi connectivity index (χ3n) is 4.03. The molecule has 2 aliphatic rings. The van der Waals surface area contributed by atoms with Gasteiger partial charge in [-0.15, -0.1) is 0 Å². The van der Waals surface area contributed by atoms with Crippen molar-refractivity contribution in [2.24, 2.45) is 0 Å². The molecule has 0 saturated carbocycles. The lowest BCUT2D eigenvalue weighted by atomic mass is 9.87. The van der Waals surface area contributed by atoms with Crippen LogP contribution in [0.5, 0.6) is 0 Å². The molecule has 0 aromatic heterocycles. The molecule has 0 aromatic carbocycles. The number of likely N-dealkylation sites (tertiary alicyclic amines) is 1. The van der Waals surface area contributed by atoms with Gasteiger partial charge in [0.25, 0.3) is 0 Å². The number of carbonyl (C=O) groups is 1. The minimum Gasteiger partial charge on any atom is -0.444 e. The van der Waals surface area contributed by atoms with E-state index < -0.39 is 5.60 Å². The fourth-order valence-electron chi connectivity index (χ4n) is 3.04. The molecule has 0 bridgehead atoms. The highest BCUT2D eigenvalue weighted by atomic mass is 16.6. The Morgan fingerprint density at radius 2 is 2.05 bits per heavy atom. The second-order valence-corrected chi connectivity index (χ2v) is 6.92. The van der Waals surface area contributed by atoms with Crippen molar-refractivity contribution in [2.45, 2.75) is 64.2 Å². The maximum Gasteiger partial charge on any atom is 0.410 e. The average Bonchev–Trinajstić information content (AvgIpc) is 2.71. The zero-order valence-corrected chi connectivity index (χ0v) is 13.2. The first-order chi connectivity index (χ1) is 9.34. The van der Waals surface area contributed by atoms with Gasteiger partial charge in [0.05, 0.1) is 12.2 Å². The van der Waals surface area contributed by atoms with Crippen LogP contribution in [0.25, 0.3) is 0 Å². The molecule has 1 unspecified atom stereocenters. The summed E-state index contributed by atoms with van der Waals surface area (Å²) in [7, 11) is 0. The second kappa shape index (κ2) is 5.90. The number of piperidine rings is 1. The van der Waals surface area contributed by atoms with Crippen LogP contribution in [0.2, 0.25) is 0 Å². The van der Waals surface area contributed by atoms with Gasteiger partial charge >= 0.3 is 6.09 Å². The number of likely N-dealkylation sites (N-methyl/N-ethyl adjacent to an activating group) is 1. The van der Waals surface area contributed by atoms with Gasteiger partial charge in [0.2, 0.25) is 0 Å². The van der Waals surface area contributed by atoms with Crippen LogP contribution in [-0.4, -0.2) is 54.5 Å². The van der Waals surface area contributed by atoms with Crippen molar-refractivity contribution in [2.75, 3.05) is 26.2 Å². The van der Waals surface area contributed by atoms with Crippen LogP contribution in [-0.2, 0) is 9.47 Å². The molecule has 5 nitrogen and oxygen atoms in total. The minimum atomic E-state index is -0.424. The Bertz CT molecular complexity index is 344. The molecule has 2 aliphatic heterocycles. The normalized spacial score (nSPS) is 26.0. The molecule has 0 aromatic rings. The van der Waals surface area contributed by atoms with E-state index in [9.17, 15) is 4.79 Å². The topological polar surface area (TPSA) is 50.8 Å². The maximum atomic E-state index is 12.0. The molecule has 0 aliphatic carbocycles. The van der Waals surface area contributed by atoms with Gasteiger partial charge in [-0.3, -0.25) is 0 Å². The minimum absolute atomic E-state index is 0.0225. The molecule has 1 amide bonds. The summed E-state index contributed by atoms with van der Waals surface area (Å²) >= 11 is 0. The van der Waals surface area contributed by atoms with Crippen molar-refractivity contribution in [3.63, 3.8) is 0 Å². The van der Waals surface area contributed by atoms with Crippen molar-refractivity contribution < 1.29 is 14.3 Å². The van der Waals surface area contributed by atoms with Crippen LogP contribution in [0.1, 0.15) is 47.0 Å². The molecule has 2 saturated heterocycles. The molecule has 20 heavy (non-hydrogen) atoms. The smallest absolute Gasteiger partial charge is 0.410 e. The monoisotopic (exact) mass is 284 g/mol. The van der Waals surface area contributed by atoms with Crippen LogP contribution in [0.3, 0.4) is 0 Å². The predicted octanol–water partition coefficient (Wildman–Crippen LogP) is 2.15. The van der Waals surface area contributed by atoms with Crippen molar-refractivity contribution in [1.82, 2.24) is 10.2 Å². The summed E-state index contributed by atoms with van der Waals surface area (Å²) in [6.07, 6.45) is 2.68. The number of carbonyl (C=O) groups excluding carboxylic acids is 1. The molecule has 1 N–H and O–H groups in total. The van der Waals surface area contributed by atoms with Crippen molar-refractivity contribution in [3.05, 3.63) is 0 Å².